The van der Waals surface area contributed by atoms with E-state index >= 15 is 0 Å². The van der Waals surface area contributed by atoms with Crippen LogP contribution in [0, 0.1) is 0 Å². The number of fused-ring (bicyclic) bond motifs is 2. The zero-order valence-electron chi connectivity index (χ0n) is 21.0. The lowest BCUT2D eigenvalue weighted by Gasteiger charge is -2.33. The number of hydrogen-bond donors (Lipinski definition) is 2. The molecule has 3 aromatic carbocycles. The monoisotopic (exact) mass is 627 g/mol. The van der Waals surface area contributed by atoms with Gasteiger partial charge in [0.05, 0.1) is 7.11 Å². The fourth-order valence-electron chi connectivity index (χ4n) is 4.46. The molecule has 14 heteroatoms. The Morgan fingerprint density at radius 1 is 0.975 bits per heavy atom. The van der Waals surface area contributed by atoms with Gasteiger partial charge in [0, 0.05) is 28.4 Å². The van der Waals surface area contributed by atoms with Crippen LogP contribution < -0.4 is 0 Å². The van der Waals surface area contributed by atoms with E-state index in [9.17, 15) is 21.6 Å². The maximum absolute atomic E-state index is 12.3. The summed E-state index contributed by atoms with van der Waals surface area (Å²) in [6.07, 6.45) is 0.963. The van der Waals surface area contributed by atoms with Crippen LogP contribution in [0.25, 0.3) is 10.8 Å². The Morgan fingerprint density at radius 3 is 2.30 bits per heavy atom. The molecular formula is C26H26ClNO9S3. The first kappa shape index (κ1) is 31.6. The van der Waals surface area contributed by atoms with E-state index < -0.39 is 36.1 Å². The molecule has 1 aliphatic heterocycles. The number of carbonyl (C=O) groups is 1. The molecule has 0 unspecified atom stereocenters. The summed E-state index contributed by atoms with van der Waals surface area (Å²) in [7, 11) is -8.11. The van der Waals surface area contributed by atoms with Crippen molar-refractivity contribution in [3.63, 3.8) is 0 Å². The molecule has 0 spiro atoms. The van der Waals surface area contributed by atoms with Crippen molar-refractivity contribution in [1.82, 2.24) is 4.90 Å². The molecule has 0 saturated heterocycles. The van der Waals surface area contributed by atoms with Gasteiger partial charge in [-0.1, -0.05) is 60.1 Å². The van der Waals surface area contributed by atoms with E-state index in [1.807, 2.05) is 24.3 Å². The highest BCUT2D eigenvalue weighted by molar-refractivity contribution is 7.89. The molecule has 4 aromatic rings. The largest absolute Gasteiger partial charge is 0.468 e. The Kier molecular flexibility index (Phi) is 10.1. The van der Waals surface area contributed by atoms with Crippen LogP contribution in [-0.2, 0) is 42.7 Å². The second-order valence-electron chi connectivity index (χ2n) is 8.60. The molecule has 40 heavy (non-hydrogen) atoms. The summed E-state index contributed by atoms with van der Waals surface area (Å²) < 4.78 is 68.0. The van der Waals surface area contributed by atoms with E-state index in [0.717, 1.165) is 31.1 Å². The molecule has 4 N–H and O–H groups in total. The van der Waals surface area contributed by atoms with Crippen LogP contribution in [0.1, 0.15) is 22.0 Å². The number of nitrogens with zero attached hydrogens (tertiary/aromatic N) is 1. The minimum Gasteiger partial charge on any atom is -0.468 e. The van der Waals surface area contributed by atoms with Gasteiger partial charge >= 0.3 is 5.97 Å². The molecule has 0 fully saturated rings. The average Bonchev–Trinajstić information content (AvgIpc) is 3.36. The van der Waals surface area contributed by atoms with E-state index in [1.165, 1.54) is 35.7 Å². The first-order valence-electron chi connectivity index (χ1n) is 11.5. The lowest BCUT2D eigenvalue weighted by atomic mass is 10.0. The maximum Gasteiger partial charge on any atom is 0.327 e. The van der Waals surface area contributed by atoms with Crippen LogP contribution in [0.2, 0.25) is 5.02 Å². The van der Waals surface area contributed by atoms with Crippen LogP contribution in [0.3, 0.4) is 0 Å². The number of thiophene rings is 1. The van der Waals surface area contributed by atoms with Crippen LogP contribution in [0.4, 0.5) is 0 Å². The van der Waals surface area contributed by atoms with Crippen molar-refractivity contribution in [2.45, 2.75) is 28.8 Å². The Bertz CT molecular complexity index is 1740. The predicted octanol–water partition coefficient (Wildman–Crippen LogP) is 4.18. The summed E-state index contributed by atoms with van der Waals surface area (Å²) >= 11 is 8.07. The Balaban J connectivity index is 0.000000218. The maximum atomic E-state index is 12.3. The predicted molar refractivity (Wildman–Crippen MR) is 152 cm³/mol. The quantitative estimate of drug-likeness (QED) is 0.243. The van der Waals surface area contributed by atoms with Gasteiger partial charge in [-0.25, -0.2) is 4.79 Å². The van der Waals surface area contributed by atoms with Gasteiger partial charge in [0.25, 0.3) is 20.2 Å². The fraction of sp³-hybridized carbons (Fsp3) is 0.192. The molecule has 1 aliphatic rings. The Labute approximate surface area is 240 Å². The zero-order chi connectivity index (χ0) is 28.4. The van der Waals surface area contributed by atoms with Crippen LogP contribution >= 0.6 is 22.9 Å². The van der Waals surface area contributed by atoms with Gasteiger partial charge in [-0.15, -0.1) is 11.3 Å². The van der Waals surface area contributed by atoms with Crippen molar-refractivity contribution in [1.29, 1.82) is 0 Å². The number of rotatable bonds is 5. The summed E-state index contributed by atoms with van der Waals surface area (Å²) in [5.41, 5.74) is 2.11. The van der Waals surface area contributed by atoms with Gasteiger partial charge < -0.3 is 10.2 Å². The highest BCUT2D eigenvalue weighted by Gasteiger charge is 2.32. The molecule has 1 aromatic heterocycles. The molecule has 214 valence electrons. The average molecular weight is 628 g/mol. The zero-order valence-corrected chi connectivity index (χ0v) is 24.2. The molecule has 1 atom stereocenters. The third-order valence-corrected chi connectivity index (χ3v) is 9.55. The van der Waals surface area contributed by atoms with E-state index in [4.69, 9.17) is 25.4 Å². The first-order chi connectivity index (χ1) is 18.4. The van der Waals surface area contributed by atoms with Gasteiger partial charge in [-0.2, -0.15) is 16.8 Å². The number of ether oxygens (including phenoxy) is 1. The van der Waals surface area contributed by atoms with Crippen molar-refractivity contribution < 1.29 is 40.9 Å². The molecule has 10 nitrogen and oxygen atoms in total. The highest BCUT2D eigenvalue weighted by atomic mass is 35.5. The van der Waals surface area contributed by atoms with Crippen molar-refractivity contribution in [3.8, 4) is 0 Å². The Morgan fingerprint density at radius 2 is 1.65 bits per heavy atom. The van der Waals surface area contributed by atoms with E-state index in [2.05, 4.69) is 16.3 Å². The van der Waals surface area contributed by atoms with E-state index in [0.29, 0.717) is 10.4 Å². The highest BCUT2D eigenvalue weighted by Crippen LogP contribution is 2.34. The normalized spacial score (nSPS) is 14.3. The molecule has 0 radical (unpaired) electrons. The van der Waals surface area contributed by atoms with Crippen molar-refractivity contribution in [2.24, 2.45) is 0 Å². The fourth-order valence-corrected chi connectivity index (χ4v) is 7.60. The van der Waals surface area contributed by atoms with Gasteiger partial charge in [-0.05, 0) is 46.5 Å². The van der Waals surface area contributed by atoms with Crippen LogP contribution in [0.15, 0.2) is 81.9 Å². The molecule has 0 bridgehead atoms. The Hall–Kier alpha value is -2.88. The number of carbonyl (C=O) groups excluding carboxylic acids is 1. The van der Waals surface area contributed by atoms with E-state index in [1.54, 1.807) is 23.5 Å². The second-order valence-corrected chi connectivity index (χ2v) is 12.8. The third kappa shape index (κ3) is 6.87. The van der Waals surface area contributed by atoms with Gasteiger partial charge in [0.1, 0.15) is 15.8 Å². The number of benzene rings is 3. The number of esters is 1. The molecule has 5 rings (SSSR count). The molecule has 0 aliphatic carbocycles. The molecular weight excluding hydrogens is 602 g/mol. The van der Waals surface area contributed by atoms with Gasteiger partial charge in [-0.3, -0.25) is 14.0 Å². The summed E-state index contributed by atoms with van der Waals surface area (Å²) in [6.45, 7) is 1.59. The standard InChI is InChI=1S/C16H16ClNO2S.C10H8O6S2.H2O/c1-20-16(19)15(12-4-2-3-5-13(12)17)18-8-6-14-11(10-18)7-9-21-14;11-17(12,13)9-6-5-7-3-1-2-4-8(7)10(9)18(14,15)16;/h2-5,7,9,15H,6,8,10H2,1H3;1-6H,(H,11,12,13)(H,14,15,16);1H2/t15-;;/m0../s1. The van der Waals surface area contributed by atoms with Gasteiger partial charge in [0.15, 0.2) is 0 Å². The number of halogens is 1. The molecule has 2 heterocycles. The first-order valence-corrected chi connectivity index (χ1v) is 15.6. The van der Waals surface area contributed by atoms with Crippen molar-refractivity contribution in [3.05, 3.63) is 93.1 Å². The second kappa shape index (κ2) is 12.7. The topological polar surface area (TPSA) is 170 Å². The number of hydrogen-bond acceptors (Lipinski definition) is 8. The van der Waals surface area contributed by atoms with Crippen molar-refractivity contribution in [2.75, 3.05) is 13.7 Å². The molecule has 0 saturated carbocycles. The molecule has 0 amide bonds. The minimum absolute atomic E-state index is 0. The lowest BCUT2D eigenvalue weighted by Crippen LogP contribution is -2.38. The minimum atomic E-state index is -4.78. The summed E-state index contributed by atoms with van der Waals surface area (Å²) in [4.78, 5) is 14.2. The van der Waals surface area contributed by atoms with Gasteiger partial charge in [0.2, 0.25) is 0 Å². The summed E-state index contributed by atoms with van der Waals surface area (Å²) in [5.74, 6) is -0.262. The van der Waals surface area contributed by atoms with Crippen molar-refractivity contribution >= 4 is 59.9 Å². The van der Waals surface area contributed by atoms with E-state index in [-0.39, 0.29) is 16.8 Å². The van der Waals surface area contributed by atoms with Crippen LogP contribution in [-0.4, -0.2) is 55.9 Å². The number of methoxy groups -OCH3 is 1. The SMILES string of the molecule is COC(=O)[C@H](c1ccccc1Cl)N1CCc2sccc2C1.O.O=S(=O)(O)c1ccc2ccccc2c1S(=O)(=O)O. The summed E-state index contributed by atoms with van der Waals surface area (Å²) in [5, 5.41) is 3.16. The lowest BCUT2D eigenvalue weighted by molar-refractivity contribution is -0.147. The van der Waals surface area contributed by atoms with Crippen LogP contribution in [0.5, 0.6) is 0 Å². The summed E-state index contributed by atoms with van der Waals surface area (Å²) in [6, 6.07) is 17.4. The third-order valence-electron chi connectivity index (χ3n) is 6.21. The smallest absolute Gasteiger partial charge is 0.327 e.